The SMILES string of the molecule is O=C1NC(=NC2CCCCCC2)N/C1=C\c1ccc2scnc2c1. The number of benzene rings is 1. The van der Waals surface area contributed by atoms with E-state index in [2.05, 4.69) is 15.6 Å². The van der Waals surface area contributed by atoms with Crippen molar-refractivity contribution in [2.45, 2.75) is 44.6 Å². The van der Waals surface area contributed by atoms with Crippen LogP contribution in [0.3, 0.4) is 0 Å². The number of aromatic nitrogens is 1. The van der Waals surface area contributed by atoms with Crippen molar-refractivity contribution in [1.29, 1.82) is 0 Å². The van der Waals surface area contributed by atoms with Gasteiger partial charge in [0, 0.05) is 0 Å². The maximum Gasteiger partial charge on any atom is 0.274 e. The molecule has 1 aliphatic heterocycles. The number of hydrogen-bond donors (Lipinski definition) is 2. The van der Waals surface area contributed by atoms with Gasteiger partial charge in [0.25, 0.3) is 5.91 Å². The predicted molar refractivity (Wildman–Crippen MR) is 97.8 cm³/mol. The highest BCUT2D eigenvalue weighted by atomic mass is 32.1. The van der Waals surface area contributed by atoms with E-state index in [4.69, 9.17) is 4.99 Å². The molecular weight excluding hydrogens is 320 g/mol. The fourth-order valence-electron chi connectivity index (χ4n) is 3.26. The normalized spacial score (nSPS) is 22.8. The summed E-state index contributed by atoms with van der Waals surface area (Å²) in [6.07, 6.45) is 9.12. The molecule has 0 unspecified atom stereocenters. The molecule has 24 heavy (non-hydrogen) atoms. The smallest absolute Gasteiger partial charge is 0.274 e. The minimum Gasteiger partial charge on any atom is -0.321 e. The maximum absolute atomic E-state index is 12.2. The summed E-state index contributed by atoms with van der Waals surface area (Å²) in [5.74, 6) is 0.466. The van der Waals surface area contributed by atoms with Crippen LogP contribution in [-0.2, 0) is 4.79 Å². The number of amides is 1. The van der Waals surface area contributed by atoms with Crippen LogP contribution in [0.2, 0.25) is 0 Å². The van der Waals surface area contributed by atoms with Crippen LogP contribution in [0.1, 0.15) is 44.1 Å². The fraction of sp³-hybridized carbons (Fsp3) is 0.389. The molecular formula is C18H20N4OS. The Hall–Kier alpha value is -2.21. The zero-order valence-electron chi connectivity index (χ0n) is 13.4. The van der Waals surface area contributed by atoms with Gasteiger partial charge < -0.3 is 5.32 Å². The second kappa shape index (κ2) is 6.73. The number of aliphatic imine (C=N–C) groups is 1. The molecule has 2 heterocycles. The number of fused-ring (bicyclic) bond motifs is 1. The van der Waals surface area contributed by atoms with E-state index in [1.165, 1.54) is 25.7 Å². The summed E-state index contributed by atoms with van der Waals surface area (Å²) in [5, 5.41) is 5.97. The monoisotopic (exact) mass is 340 g/mol. The van der Waals surface area contributed by atoms with Crippen molar-refractivity contribution in [2.75, 3.05) is 0 Å². The van der Waals surface area contributed by atoms with E-state index >= 15 is 0 Å². The molecule has 2 aromatic rings. The molecule has 0 atom stereocenters. The van der Waals surface area contributed by atoms with Crippen LogP contribution in [0.5, 0.6) is 0 Å². The Balaban J connectivity index is 1.52. The first-order chi connectivity index (χ1) is 11.8. The van der Waals surface area contributed by atoms with Gasteiger partial charge in [-0.1, -0.05) is 31.7 Å². The lowest BCUT2D eigenvalue weighted by molar-refractivity contribution is -0.115. The van der Waals surface area contributed by atoms with Crippen molar-refractivity contribution >= 4 is 39.5 Å². The van der Waals surface area contributed by atoms with E-state index in [9.17, 15) is 4.79 Å². The largest absolute Gasteiger partial charge is 0.321 e. The zero-order valence-corrected chi connectivity index (χ0v) is 14.2. The molecule has 4 rings (SSSR count). The van der Waals surface area contributed by atoms with Crippen LogP contribution in [0.15, 0.2) is 34.4 Å². The Kier molecular flexibility index (Phi) is 4.30. The van der Waals surface area contributed by atoms with Gasteiger partial charge in [0.05, 0.1) is 21.8 Å². The van der Waals surface area contributed by atoms with E-state index in [-0.39, 0.29) is 5.91 Å². The highest BCUT2D eigenvalue weighted by Crippen LogP contribution is 2.21. The van der Waals surface area contributed by atoms with E-state index < -0.39 is 0 Å². The number of nitrogens with zero attached hydrogens (tertiary/aromatic N) is 2. The van der Waals surface area contributed by atoms with E-state index in [1.807, 2.05) is 29.8 Å². The predicted octanol–water partition coefficient (Wildman–Crippen LogP) is 3.44. The van der Waals surface area contributed by atoms with Gasteiger partial charge in [-0.05, 0) is 36.6 Å². The number of thiazole rings is 1. The van der Waals surface area contributed by atoms with Gasteiger partial charge in [0.1, 0.15) is 5.70 Å². The van der Waals surface area contributed by atoms with Gasteiger partial charge in [0.2, 0.25) is 5.96 Å². The molecule has 0 bridgehead atoms. The Labute approximate surface area is 144 Å². The van der Waals surface area contributed by atoms with Crippen LogP contribution in [0, 0.1) is 0 Å². The summed E-state index contributed by atoms with van der Waals surface area (Å²) in [5.41, 5.74) is 4.29. The molecule has 2 fully saturated rings. The Morgan fingerprint density at radius 2 is 2.00 bits per heavy atom. The standard InChI is InChI=1S/C18H20N4OS/c23-17-15(10-12-7-8-16-14(9-12)19-11-24-16)21-18(22-17)20-13-5-3-1-2-4-6-13/h7-11,13H,1-6H2,(H2,20,21,22,23)/b15-10-. The van der Waals surface area contributed by atoms with Crippen molar-refractivity contribution in [3.63, 3.8) is 0 Å². The Morgan fingerprint density at radius 1 is 1.17 bits per heavy atom. The van der Waals surface area contributed by atoms with E-state index in [0.29, 0.717) is 17.7 Å². The first kappa shape index (κ1) is 15.3. The average Bonchev–Trinajstić information content (AvgIpc) is 3.07. The second-order valence-electron chi connectivity index (χ2n) is 6.34. The Morgan fingerprint density at radius 3 is 2.83 bits per heavy atom. The third kappa shape index (κ3) is 3.33. The summed E-state index contributed by atoms with van der Waals surface area (Å²) in [4.78, 5) is 21.2. The molecule has 124 valence electrons. The highest BCUT2D eigenvalue weighted by Gasteiger charge is 2.23. The van der Waals surface area contributed by atoms with Crippen molar-refractivity contribution in [3.8, 4) is 0 Å². The van der Waals surface area contributed by atoms with Crippen molar-refractivity contribution in [1.82, 2.24) is 15.6 Å². The molecule has 2 aliphatic rings. The van der Waals surface area contributed by atoms with Gasteiger partial charge in [0.15, 0.2) is 0 Å². The number of nitrogens with one attached hydrogen (secondary N) is 2. The molecule has 0 spiro atoms. The molecule has 1 amide bonds. The van der Waals surface area contributed by atoms with Gasteiger partial charge >= 0.3 is 0 Å². The van der Waals surface area contributed by atoms with Crippen molar-refractivity contribution in [3.05, 3.63) is 35.0 Å². The number of hydrogen-bond acceptors (Lipinski definition) is 4. The van der Waals surface area contributed by atoms with Gasteiger partial charge in [-0.25, -0.2) is 9.98 Å². The lowest BCUT2D eigenvalue weighted by Gasteiger charge is -2.09. The van der Waals surface area contributed by atoms with Crippen LogP contribution in [0.4, 0.5) is 0 Å². The summed E-state index contributed by atoms with van der Waals surface area (Å²) in [6.45, 7) is 0. The topological polar surface area (TPSA) is 66.4 Å². The molecule has 1 aliphatic carbocycles. The Bertz CT molecular complexity index is 815. The lowest BCUT2D eigenvalue weighted by Crippen LogP contribution is -2.27. The average molecular weight is 340 g/mol. The second-order valence-corrected chi connectivity index (χ2v) is 7.23. The van der Waals surface area contributed by atoms with Crippen LogP contribution in [-0.4, -0.2) is 22.9 Å². The third-order valence-electron chi connectivity index (χ3n) is 4.53. The minimum absolute atomic E-state index is 0.124. The molecule has 0 radical (unpaired) electrons. The van der Waals surface area contributed by atoms with Crippen LogP contribution < -0.4 is 10.6 Å². The molecule has 5 nitrogen and oxygen atoms in total. The molecule has 6 heteroatoms. The van der Waals surface area contributed by atoms with E-state index in [1.54, 1.807) is 11.3 Å². The molecule has 1 saturated carbocycles. The van der Waals surface area contributed by atoms with Crippen LogP contribution >= 0.6 is 11.3 Å². The number of guanidine groups is 1. The third-order valence-corrected chi connectivity index (χ3v) is 5.34. The number of rotatable bonds is 2. The van der Waals surface area contributed by atoms with Crippen molar-refractivity contribution in [2.24, 2.45) is 4.99 Å². The molecule has 1 aromatic carbocycles. The summed E-state index contributed by atoms with van der Waals surface area (Å²) < 4.78 is 1.15. The molecule has 1 saturated heterocycles. The van der Waals surface area contributed by atoms with Gasteiger partial charge in [-0.15, -0.1) is 11.3 Å². The van der Waals surface area contributed by atoms with E-state index in [0.717, 1.165) is 28.6 Å². The number of carbonyl (C=O) groups is 1. The summed E-state index contributed by atoms with van der Waals surface area (Å²) >= 11 is 1.61. The lowest BCUT2D eigenvalue weighted by atomic mass is 10.1. The fourth-order valence-corrected chi connectivity index (χ4v) is 3.92. The van der Waals surface area contributed by atoms with Gasteiger partial charge in [-0.3, -0.25) is 10.1 Å². The zero-order chi connectivity index (χ0) is 16.4. The first-order valence-electron chi connectivity index (χ1n) is 8.49. The van der Waals surface area contributed by atoms with Gasteiger partial charge in [-0.2, -0.15) is 0 Å². The summed E-state index contributed by atoms with van der Waals surface area (Å²) in [6, 6.07) is 6.35. The van der Waals surface area contributed by atoms with Crippen LogP contribution in [0.25, 0.3) is 16.3 Å². The quantitative estimate of drug-likeness (QED) is 0.650. The molecule has 2 N–H and O–H groups in total. The molecule has 1 aromatic heterocycles. The highest BCUT2D eigenvalue weighted by molar-refractivity contribution is 7.16. The minimum atomic E-state index is -0.124. The number of carbonyl (C=O) groups excluding carboxylic acids is 1. The van der Waals surface area contributed by atoms with Crippen molar-refractivity contribution < 1.29 is 4.79 Å². The summed E-state index contributed by atoms with van der Waals surface area (Å²) in [7, 11) is 0. The first-order valence-corrected chi connectivity index (χ1v) is 9.37. The maximum atomic E-state index is 12.2.